The maximum absolute atomic E-state index is 7.57. The van der Waals surface area contributed by atoms with Crippen molar-refractivity contribution in [3.8, 4) is 5.88 Å². The van der Waals surface area contributed by atoms with E-state index in [0.29, 0.717) is 17.6 Å². The molecule has 0 aliphatic carbocycles. The molecule has 1 saturated heterocycles. The lowest BCUT2D eigenvalue weighted by molar-refractivity contribution is 0.252. The fourth-order valence-electron chi connectivity index (χ4n) is 2.51. The molecule has 0 bridgehead atoms. The zero-order valence-electron chi connectivity index (χ0n) is 12.4. The van der Waals surface area contributed by atoms with Crippen molar-refractivity contribution in [2.45, 2.75) is 18.8 Å². The van der Waals surface area contributed by atoms with E-state index in [2.05, 4.69) is 33.6 Å². The largest absolute Gasteiger partial charge is 0.481 e. The molecular weight excluding hydrogens is 254 g/mol. The highest BCUT2D eigenvalue weighted by Gasteiger charge is 2.22. The lowest BCUT2D eigenvalue weighted by Crippen LogP contribution is -2.29. The van der Waals surface area contributed by atoms with E-state index in [1.165, 1.54) is 5.56 Å². The van der Waals surface area contributed by atoms with Crippen molar-refractivity contribution in [2.24, 2.45) is 0 Å². The summed E-state index contributed by atoms with van der Waals surface area (Å²) in [6, 6.07) is 3.97. The molecule has 6 heteroatoms. The van der Waals surface area contributed by atoms with E-state index < -0.39 is 0 Å². The smallest absolute Gasteiger partial charge is 0.218 e. The quantitative estimate of drug-likeness (QED) is 0.576. The van der Waals surface area contributed by atoms with Gasteiger partial charge >= 0.3 is 0 Å². The Morgan fingerprint density at radius 2 is 2.10 bits per heavy atom. The summed E-state index contributed by atoms with van der Waals surface area (Å²) in [5.41, 5.74) is 1.17. The third-order valence-corrected chi connectivity index (χ3v) is 3.74. The van der Waals surface area contributed by atoms with Gasteiger partial charge in [-0.1, -0.05) is 0 Å². The van der Waals surface area contributed by atoms with Crippen molar-refractivity contribution in [2.75, 3.05) is 39.6 Å². The van der Waals surface area contributed by atoms with Crippen LogP contribution in [0, 0.1) is 5.41 Å². The lowest BCUT2D eigenvalue weighted by atomic mass is 9.90. The molecule has 2 rings (SSSR count). The van der Waals surface area contributed by atoms with Crippen LogP contribution in [0.3, 0.4) is 0 Å². The minimum atomic E-state index is 0.214. The van der Waals surface area contributed by atoms with Crippen LogP contribution in [0.2, 0.25) is 0 Å². The van der Waals surface area contributed by atoms with Gasteiger partial charge in [-0.25, -0.2) is 0 Å². The second-order valence-electron chi connectivity index (χ2n) is 5.12. The van der Waals surface area contributed by atoms with Gasteiger partial charge < -0.3 is 20.3 Å². The van der Waals surface area contributed by atoms with Crippen molar-refractivity contribution in [3.63, 3.8) is 0 Å². The summed E-state index contributed by atoms with van der Waals surface area (Å²) in [7, 11) is 5.50. The minimum Gasteiger partial charge on any atom is -0.481 e. The highest BCUT2D eigenvalue weighted by Crippen LogP contribution is 2.33. The Morgan fingerprint density at radius 3 is 2.70 bits per heavy atom. The van der Waals surface area contributed by atoms with Crippen LogP contribution in [0.25, 0.3) is 0 Å². The van der Waals surface area contributed by atoms with Crippen molar-refractivity contribution < 1.29 is 4.74 Å². The van der Waals surface area contributed by atoms with Gasteiger partial charge in [0.1, 0.15) is 5.82 Å². The van der Waals surface area contributed by atoms with Gasteiger partial charge in [-0.15, -0.1) is 0 Å². The fourth-order valence-corrected chi connectivity index (χ4v) is 2.51. The van der Waals surface area contributed by atoms with Crippen molar-refractivity contribution in [1.29, 1.82) is 5.41 Å². The van der Waals surface area contributed by atoms with Crippen LogP contribution in [-0.2, 0) is 0 Å². The van der Waals surface area contributed by atoms with Crippen LogP contribution < -0.4 is 15.4 Å². The number of anilines is 1. The number of ether oxygens (including phenoxy) is 1. The maximum atomic E-state index is 7.57. The first-order chi connectivity index (χ1) is 9.63. The molecule has 2 heterocycles. The van der Waals surface area contributed by atoms with Gasteiger partial charge in [-0.05, 0) is 51.0 Å². The molecule has 1 aliphatic heterocycles. The van der Waals surface area contributed by atoms with E-state index in [-0.39, 0.29) is 5.96 Å². The number of hydrogen-bond acceptors (Lipinski definition) is 4. The zero-order valence-corrected chi connectivity index (χ0v) is 12.4. The summed E-state index contributed by atoms with van der Waals surface area (Å²) in [4.78, 5) is 6.79. The Hall–Kier alpha value is -1.82. The van der Waals surface area contributed by atoms with E-state index >= 15 is 0 Å². The topological polar surface area (TPSA) is 73.3 Å². The molecule has 0 radical (unpaired) electrons. The number of rotatable bonds is 3. The summed E-state index contributed by atoms with van der Waals surface area (Å²) in [5.74, 6) is 2.00. The van der Waals surface area contributed by atoms with Crippen LogP contribution in [0.4, 0.5) is 5.82 Å². The number of nitrogens with zero attached hydrogens (tertiary/aromatic N) is 2. The van der Waals surface area contributed by atoms with Gasteiger partial charge in [0.2, 0.25) is 5.88 Å². The second kappa shape index (κ2) is 6.56. The first kappa shape index (κ1) is 14.6. The molecule has 20 heavy (non-hydrogen) atoms. The number of aromatic nitrogens is 1. The minimum absolute atomic E-state index is 0.214. The SMILES string of the molecule is CNC(=N)Nc1ccc(C2CCN(C)CC2)c(OC)n1. The van der Waals surface area contributed by atoms with Crippen molar-refractivity contribution >= 4 is 11.8 Å². The molecule has 0 unspecified atom stereocenters. The molecule has 1 aromatic rings. The number of likely N-dealkylation sites (tertiary alicyclic amines) is 1. The first-order valence-corrected chi connectivity index (χ1v) is 6.91. The van der Waals surface area contributed by atoms with Gasteiger partial charge in [0.05, 0.1) is 7.11 Å². The molecule has 0 aromatic carbocycles. The van der Waals surface area contributed by atoms with Crippen molar-refractivity contribution in [1.82, 2.24) is 15.2 Å². The fraction of sp³-hybridized carbons (Fsp3) is 0.571. The van der Waals surface area contributed by atoms with Crippen LogP contribution >= 0.6 is 0 Å². The predicted octanol–water partition coefficient (Wildman–Crippen LogP) is 1.47. The Morgan fingerprint density at radius 1 is 1.40 bits per heavy atom. The summed E-state index contributed by atoms with van der Waals surface area (Å²) < 4.78 is 5.43. The average Bonchev–Trinajstić information content (AvgIpc) is 2.48. The third kappa shape index (κ3) is 3.39. The Bertz CT molecular complexity index is 469. The molecule has 1 aliphatic rings. The zero-order chi connectivity index (χ0) is 14.5. The molecule has 110 valence electrons. The monoisotopic (exact) mass is 277 g/mol. The molecule has 0 spiro atoms. The highest BCUT2D eigenvalue weighted by molar-refractivity contribution is 5.90. The summed E-state index contributed by atoms with van der Waals surface area (Å²) in [5, 5.41) is 13.2. The van der Waals surface area contributed by atoms with Gasteiger partial charge in [0.25, 0.3) is 0 Å². The van der Waals surface area contributed by atoms with Gasteiger partial charge in [-0.2, -0.15) is 4.98 Å². The van der Waals surface area contributed by atoms with Crippen molar-refractivity contribution in [3.05, 3.63) is 17.7 Å². The molecule has 0 saturated carbocycles. The van der Waals surface area contributed by atoms with E-state index in [9.17, 15) is 0 Å². The number of pyridine rings is 1. The Kier molecular flexibility index (Phi) is 4.79. The van der Waals surface area contributed by atoms with E-state index in [0.717, 1.165) is 25.9 Å². The van der Waals surface area contributed by atoms with E-state index in [1.54, 1.807) is 14.2 Å². The molecule has 3 N–H and O–H groups in total. The molecule has 1 fully saturated rings. The van der Waals surface area contributed by atoms with E-state index in [1.807, 2.05) is 6.07 Å². The molecular formula is C14H23N5O. The van der Waals surface area contributed by atoms with Gasteiger partial charge in [0, 0.05) is 12.6 Å². The van der Waals surface area contributed by atoms with Crippen LogP contribution in [0.15, 0.2) is 12.1 Å². The van der Waals surface area contributed by atoms with Gasteiger partial charge in [0.15, 0.2) is 5.96 Å². The Balaban J connectivity index is 2.15. The molecule has 6 nitrogen and oxygen atoms in total. The highest BCUT2D eigenvalue weighted by atomic mass is 16.5. The molecule has 1 aromatic heterocycles. The number of guanidine groups is 1. The van der Waals surface area contributed by atoms with Gasteiger partial charge in [-0.3, -0.25) is 5.41 Å². The van der Waals surface area contributed by atoms with E-state index in [4.69, 9.17) is 10.1 Å². The molecule has 0 amide bonds. The lowest BCUT2D eigenvalue weighted by Gasteiger charge is -2.29. The summed E-state index contributed by atoms with van der Waals surface area (Å²) in [6.45, 7) is 2.22. The van der Waals surface area contributed by atoms with Crippen LogP contribution in [0.1, 0.15) is 24.3 Å². The maximum Gasteiger partial charge on any atom is 0.218 e. The molecule has 0 atom stereocenters. The standard InChI is InChI=1S/C14H23N5O/c1-16-14(15)18-12-5-4-11(13(17-12)20-3)10-6-8-19(2)9-7-10/h4-5,10H,6-9H2,1-3H3,(H3,15,16,17,18). The summed E-state index contributed by atoms with van der Waals surface area (Å²) >= 11 is 0. The summed E-state index contributed by atoms with van der Waals surface area (Å²) in [6.07, 6.45) is 2.27. The Labute approximate surface area is 120 Å². The van der Waals surface area contributed by atoms with Crippen LogP contribution in [0.5, 0.6) is 5.88 Å². The predicted molar refractivity (Wildman–Crippen MR) is 80.7 cm³/mol. The first-order valence-electron chi connectivity index (χ1n) is 6.91. The number of piperidine rings is 1. The average molecular weight is 277 g/mol. The number of methoxy groups -OCH3 is 1. The third-order valence-electron chi connectivity index (χ3n) is 3.74. The number of nitrogens with one attached hydrogen (secondary N) is 3. The normalized spacial score (nSPS) is 16.8. The second-order valence-corrected chi connectivity index (χ2v) is 5.12. The van der Waals surface area contributed by atoms with Crippen LogP contribution in [-0.4, -0.2) is 50.1 Å². The number of hydrogen-bond donors (Lipinski definition) is 3.